The summed E-state index contributed by atoms with van der Waals surface area (Å²) in [4.78, 5) is 0. The second-order valence-electron chi connectivity index (χ2n) is 4.81. The van der Waals surface area contributed by atoms with Crippen molar-refractivity contribution in [1.82, 2.24) is 5.32 Å². The van der Waals surface area contributed by atoms with Gasteiger partial charge in [-0.2, -0.15) is 6.61 Å². The molecule has 3 aliphatic heterocycles. The third-order valence-electron chi connectivity index (χ3n) is 3.75. The van der Waals surface area contributed by atoms with Crippen molar-refractivity contribution in [2.24, 2.45) is 5.92 Å². The summed E-state index contributed by atoms with van der Waals surface area (Å²) in [6.07, 6.45) is 0.348. The summed E-state index contributed by atoms with van der Waals surface area (Å²) in [5.74, 6) is 0.443. The fourth-order valence-corrected chi connectivity index (χ4v) is 2.78. The summed E-state index contributed by atoms with van der Waals surface area (Å²) in [7, 11) is 0. The van der Waals surface area contributed by atoms with E-state index in [1.807, 2.05) is 18.2 Å². The number of rotatable bonds is 4. The Morgan fingerprint density at radius 3 is 2.94 bits per heavy atom. The summed E-state index contributed by atoms with van der Waals surface area (Å²) >= 11 is 0. The van der Waals surface area contributed by atoms with Crippen molar-refractivity contribution in [3.05, 3.63) is 42.5 Å². The normalized spacial score (nSPS) is 39.2. The first-order valence-electron chi connectivity index (χ1n) is 5.93. The Morgan fingerprint density at radius 2 is 2.17 bits per heavy atom. The van der Waals surface area contributed by atoms with Crippen LogP contribution in [0.2, 0.25) is 0 Å². The maximum absolute atomic E-state index is 5.73. The van der Waals surface area contributed by atoms with Crippen LogP contribution in [-0.4, -0.2) is 24.7 Å². The SMILES string of the molecule is [U].c1ccc(COC[C@@]23NC4O[C@@H]([CH-]O2)C43)cc1. The molecule has 0 radical (unpaired) electrons. The molecule has 1 aromatic carbocycles. The smallest absolute Gasteiger partial charge is 0.121 e. The molecular weight excluding hydrogens is 456 g/mol. The standard InChI is InChI=1S/C13H14NO3.U/c1-2-4-9(5-3-1)6-15-8-13-11-10(7-16-13)17-12(11)14-13;/h1-5,7,10-12,14H,6,8H2;/q-1;/t10-,11?,12?,13+;/m0./s1. The minimum atomic E-state index is -0.317. The van der Waals surface area contributed by atoms with Crippen molar-refractivity contribution < 1.29 is 45.3 Å². The molecule has 5 heteroatoms. The van der Waals surface area contributed by atoms with Crippen molar-refractivity contribution in [3.63, 3.8) is 0 Å². The van der Waals surface area contributed by atoms with Gasteiger partial charge in [-0.15, -0.1) is 0 Å². The van der Waals surface area contributed by atoms with Gasteiger partial charge in [0.2, 0.25) is 0 Å². The van der Waals surface area contributed by atoms with E-state index < -0.39 is 0 Å². The van der Waals surface area contributed by atoms with E-state index in [1.165, 1.54) is 5.56 Å². The predicted octanol–water partition coefficient (Wildman–Crippen LogP) is 1.04. The molecule has 4 rings (SSSR count). The molecule has 4 atom stereocenters. The van der Waals surface area contributed by atoms with Crippen LogP contribution < -0.4 is 5.32 Å². The molecule has 0 bridgehead atoms. The van der Waals surface area contributed by atoms with E-state index in [9.17, 15) is 0 Å². The Labute approximate surface area is 130 Å². The van der Waals surface area contributed by atoms with E-state index in [2.05, 4.69) is 17.4 Å². The van der Waals surface area contributed by atoms with Gasteiger partial charge in [0.1, 0.15) is 12.0 Å². The molecule has 3 saturated heterocycles. The number of benzene rings is 1. The van der Waals surface area contributed by atoms with Crippen molar-refractivity contribution in [1.29, 1.82) is 0 Å². The summed E-state index contributed by atoms with van der Waals surface area (Å²) in [5.41, 5.74) is 0.866. The minimum Gasteiger partial charge on any atom is -0.532 e. The molecule has 1 N–H and O–H groups in total. The Hall–Kier alpha value is 0.112. The van der Waals surface area contributed by atoms with Crippen LogP contribution >= 0.6 is 0 Å². The first kappa shape index (κ1) is 13.1. The van der Waals surface area contributed by atoms with Crippen LogP contribution in [0.3, 0.4) is 0 Å². The zero-order valence-electron chi connectivity index (χ0n) is 9.84. The topological polar surface area (TPSA) is 39.7 Å². The average Bonchev–Trinajstić information content (AvgIpc) is 2.48. The Morgan fingerprint density at radius 1 is 1.33 bits per heavy atom. The zero-order chi connectivity index (χ0) is 11.3. The van der Waals surface area contributed by atoms with Gasteiger partial charge in [0, 0.05) is 37.0 Å². The van der Waals surface area contributed by atoms with E-state index in [-0.39, 0.29) is 49.2 Å². The molecule has 94 valence electrons. The summed E-state index contributed by atoms with van der Waals surface area (Å²) in [5, 5.41) is 3.27. The van der Waals surface area contributed by atoms with Crippen LogP contribution in [0, 0.1) is 43.6 Å². The zero-order valence-corrected chi connectivity index (χ0v) is 14.0. The van der Waals surface area contributed by atoms with Gasteiger partial charge in [0.15, 0.2) is 0 Å². The van der Waals surface area contributed by atoms with Gasteiger partial charge in [0.05, 0.1) is 13.2 Å². The van der Waals surface area contributed by atoms with Crippen LogP contribution in [0.1, 0.15) is 5.56 Å². The molecule has 4 nitrogen and oxygen atoms in total. The molecule has 0 amide bonds. The molecule has 3 heterocycles. The van der Waals surface area contributed by atoms with Gasteiger partial charge in [-0.25, -0.2) is 0 Å². The summed E-state index contributed by atoms with van der Waals surface area (Å²) < 4.78 is 16.9. The van der Waals surface area contributed by atoms with Crippen LogP contribution in [0.15, 0.2) is 30.3 Å². The van der Waals surface area contributed by atoms with Crippen LogP contribution in [0.4, 0.5) is 0 Å². The van der Waals surface area contributed by atoms with E-state index in [4.69, 9.17) is 14.2 Å². The quantitative estimate of drug-likeness (QED) is 0.668. The van der Waals surface area contributed by atoms with Gasteiger partial charge in [-0.3, -0.25) is 5.32 Å². The van der Waals surface area contributed by atoms with Crippen LogP contribution in [0.25, 0.3) is 0 Å². The van der Waals surface area contributed by atoms with Gasteiger partial charge >= 0.3 is 0 Å². The van der Waals surface area contributed by atoms with Gasteiger partial charge in [0.25, 0.3) is 0 Å². The minimum absolute atomic E-state index is 0. The van der Waals surface area contributed by atoms with E-state index in [0.717, 1.165) is 0 Å². The summed E-state index contributed by atoms with van der Waals surface area (Å²) in [6.45, 7) is 2.98. The molecule has 3 fully saturated rings. The molecule has 1 aromatic rings. The molecule has 18 heavy (non-hydrogen) atoms. The second-order valence-corrected chi connectivity index (χ2v) is 4.81. The van der Waals surface area contributed by atoms with Crippen molar-refractivity contribution in [2.45, 2.75) is 24.7 Å². The Bertz CT molecular complexity index is 426. The van der Waals surface area contributed by atoms with Crippen LogP contribution in [-0.2, 0) is 20.8 Å². The third-order valence-corrected chi connectivity index (χ3v) is 3.75. The molecule has 3 aliphatic rings. The van der Waals surface area contributed by atoms with Crippen molar-refractivity contribution >= 4 is 0 Å². The number of hydrogen-bond acceptors (Lipinski definition) is 4. The largest absolute Gasteiger partial charge is 0.532 e. The maximum atomic E-state index is 5.73. The Kier molecular flexibility index (Phi) is 3.57. The van der Waals surface area contributed by atoms with Crippen molar-refractivity contribution in [2.75, 3.05) is 6.61 Å². The summed E-state index contributed by atoms with van der Waals surface area (Å²) in [6, 6.07) is 10.2. The van der Waals surface area contributed by atoms with Gasteiger partial charge in [-0.1, -0.05) is 30.3 Å². The number of ether oxygens (including phenoxy) is 3. The molecule has 2 unspecified atom stereocenters. The number of hydrogen-bond donors (Lipinski definition) is 1. The molecule has 0 aliphatic carbocycles. The van der Waals surface area contributed by atoms with E-state index in [1.54, 1.807) is 6.61 Å². The molecular formula is C13H14NO3U-. The van der Waals surface area contributed by atoms with E-state index in [0.29, 0.717) is 19.1 Å². The molecule has 0 aromatic heterocycles. The predicted molar refractivity (Wildman–Crippen MR) is 59.5 cm³/mol. The van der Waals surface area contributed by atoms with Gasteiger partial charge in [-0.05, 0) is 11.7 Å². The monoisotopic (exact) mass is 470 g/mol. The molecule has 0 saturated carbocycles. The fourth-order valence-electron chi connectivity index (χ4n) is 2.78. The molecule has 0 spiro atoms. The first-order chi connectivity index (χ1) is 8.37. The van der Waals surface area contributed by atoms with Gasteiger partial charge < -0.3 is 14.2 Å². The first-order valence-corrected chi connectivity index (χ1v) is 5.93. The van der Waals surface area contributed by atoms with Crippen molar-refractivity contribution in [3.8, 4) is 0 Å². The van der Waals surface area contributed by atoms with Crippen LogP contribution in [0.5, 0.6) is 0 Å². The average molecular weight is 470 g/mol. The maximum Gasteiger partial charge on any atom is 0.121 e. The third kappa shape index (κ3) is 1.89. The van der Waals surface area contributed by atoms with E-state index >= 15 is 0 Å². The Balaban J connectivity index is 0.000001000. The number of nitrogens with one attached hydrogen (secondary N) is 1. The second kappa shape index (κ2) is 4.90. The fraction of sp³-hybridized carbons (Fsp3) is 0.462.